The largest absolute Gasteiger partial charge is 0.327 e. The first-order chi connectivity index (χ1) is 8.90. The zero-order chi connectivity index (χ0) is 14.0. The molecule has 1 saturated heterocycles. The molecule has 1 aromatic carbocycles. The molecule has 104 valence electrons. The van der Waals surface area contributed by atoms with Crippen molar-refractivity contribution in [2.24, 2.45) is 11.1 Å². The van der Waals surface area contributed by atoms with E-state index >= 15 is 0 Å². The molecule has 0 saturated carbocycles. The number of nitrogens with one attached hydrogen (secondary N) is 1. The van der Waals surface area contributed by atoms with Crippen molar-refractivity contribution in [1.29, 1.82) is 0 Å². The summed E-state index contributed by atoms with van der Waals surface area (Å²) in [7, 11) is 0. The predicted octanol–water partition coefficient (Wildman–Crippen LogP) is 2.42. The van der Waals surface area contributed by atoms with E-state index in [1.807, 2.05) is 13.8 Å². The highest BCUT2D eigenvalue weighted by atomic mass is 19.1. The van der Waals surface area contributed by atoms with Crippen LogP contribution in [0.1, 0.15) is 20.3 Å². The number of amides is 2. The molecule has 2 amide bonds. The molecule has 1 fully saturated rings. The topological polar surface area (TPSA) is 58.4 Å². The van der Waals surface area contributed by atoms with Gasteiger partial charge >= 0.3 is 6.03 Å². The maximum atomic E-state index is 13.5. The Bertz CT molecular complexity index is 476. The van der Waals surface area contributed by atoms with Crippen LogP contribution in [0.25, 0.3) is 0 Å². The smallest absolute Gasteiger partial charge is 0.321 e. The van der Waals surface area contributed by atoms with Gasteiger partial charge in [-0.15, -0.1) is 0 Å². The van der Waals surface area contributed by atoms with E-state index in [0.29, 0.717) is 13.1 Å². The Morgan fingerprint density at radius 1 is 1.47 bits per heavy atom. The predicted molar refractivity (Wildman–Crippen MR) is 73.4 cm³/mol. The number of nitrogens with two attached hydrogens (primary N) is 1. The van der Waals surface area contributed by atoms with Crippen molar-refractivity contribution in [3.8, 4) is 0 Å². The molecule has 0 aromatic heterocycles. The number of halogens is 1. The molecule has 0 radical (unpaired) electrons. The van der Waals surface area contributed by atoms with Crippen LogP contribution in [-0.4, -0.2) is 30.1 Å². The van der Waals surface area contributed by atoms with Gasteiger partial charge in [0.25, 0.3) is 0 Å². The fourth-order valence-electron chi connectivity index (χ4n) is 2.30. The van der Waals surface area contributed by atoms with Crippen LogP contribution in [0, 0.1) is 11.2 Å². The Morgan fingerprint density at radius 2 is 2.16 bits per heavy atom. The number of piperidine rings is 1. The first-order valence-electron chi connectivity index (χ1n) is 6.46. The normalized spacial score (nSPS) is 22.1. The van der Waals surface area contributed by atoms with Crippen molar-refractivity contribution in [1.82, 2.24) is 4.90 Å². The number of hydrogen-bond acceptors (Lipinski definition) is 2. The number of hydrogen-bond donors (Lipinski definition) is 2. The number of anilines is 1. The van der Waals surface area contributed by atoms with Gasteiger partial charge in [-0.1, -0.05) is 26.0 Å². The van der Waals surface area contributed by atoms with Gasteiger partial charge in [0.1, 0.15) is 5.82 Å². The van der Waals surface area contributed by atoms with Crippen LogP contribution in [0.15, 0.2) is 24.3 Å². The molecule has 1 aliphatic rings. The summed E-state index contributed by atoms with van der Waals surface area (Å²) in [6.07, 6.45) is 0.762. The van der Waals surface area contributed by atoms with Crippen molar-refractivity contribution < 1.29 is 9.18 Å². The average Bonchev–Trinajstić information content (AvgIpc) is 2.35. The van der Waals surface area contributed by atoms with Gasteiger partial charge in [-0.2, -0.15) is 0 Å². The zero-order valence-electron chi connectivity index (χ0n) is 11.3. The lowest BCUT2D eigenvalue weighted by Crippen LogP contribution is -2.54. The third-order valence-electron chi connectivity index (χ3n) is 3.71. The van der Waals surface area contributed by atoms with E-state index in [1.54, 1.807) is 23.1 Å². The van der Waals surface area contributed by atoms with Gasteiger partial charge in [-0.05, 0) is 24.0 Å². The minimum atomic E-state index is -0.427. The first-order valence-corrected chi connectivity index (χ1v) is 6.46. The van der Waals surface area contributed by atoms with E-state index in [9.17, 15) is 9.18 Å². The molecule has 0 aliphatic carbocycles. The summed E-state index contributed by atoms with van der Waals surface area (Å²) >= 11 is 0. The second-order valence-corrected chi connectivity index (χ2v) is 5.72. The molecule has 1 heterocycles. The third-order valence-corrected chi connectivity index (χ3v) is 3.71. The SMILES string of the molecule is CC1(C)CN(C(=O)Nc2ccccc2F)CCC1N. The number of likely N-dealkylation sites (tertiary alicyclic amines) is 1. The van der Waals surface area contributed by atoms with E-state index in [2.05, 4.69) is 5.32 Å². The summed E-state index contributed by atoms with van der Waals surface area (Å²) in [5, 5.41) is 2.60. The summed E-state index contributed by atoms with van der Waals surface area (Å²) < 4.78 is 13.5. The third kappa shape index (κ3) is 3.04. The van der Waals surface area contributed by atoms with Crippen molar-refractivity contribution >= 4 is 11.7 Å². The maximum absolute atomic E-state index is 13.5. The lowest BCUT2D eigenvalue weighted by atomic mass is 9.80. The van der Waals surface area contributed by atoms with Crippen LogP contribution in [0.5, 0.6) is 0 Å². The quantitative estimate of drug-likeness (QED) is 0.819. The average molecular weight is 265 g/mol. The summed E-state index contributed by atoms with van der Waals surface area (Å²) in [6.45, 7) is 5.26. The molecule has 1 aliphatic heterocycles. The highest BCUT2D eigenvalue weighted by Gasteiger charge is 2.35. The van der Waals surface area contributed by atoms with Gasteiger partial charge in [0.05, 0.1) is 5.69 Å². The molecular weight excluding hydrogens is 245 g/mol. The molecule has 0 bridgehead atoms. The number of rotatable bonds is 1. The standard InChI is InChI=1S/C14H20FN3O/c1-14(2)9-18(8-7-12(14)16)13(19)17-11-6-4-3-5-10(11)15/h3-6,12H,7-9,16H2,1-2H3,(H,17,19). The van der Waals surface area contributed by atoms with E-state index < -0.39 is 5.82 Å². The second-order valence-electron chi connectivity index (χ2n) is 5.72. The van der Waals surface area contributed by atoms with Crippen molar-refractivity contribution in [3.63, 3.8) is 0 Å². The van der Waals surface area contributed by atoms with Gasteiger partial charge in [0.15, 0.2) is 0 Å². The summed E-state index contributed by atoms with van der Waals surface area (Å²) in [5.74, 6) is -0.427. The van der Waals surface area contributed by atoms with Gasteiger partial charge in [-0.3, -0.25) is 0 Å². The van der Waals surface area contributed by atoms with Crippen LogP contribution >= 0.6 is 0 Å². The zero-order valence-corrected chi connectivity index (χ0v) is 11.3. The van der Waals surface area contributed by atoms with Gasteiger partial charge in [-0.25, -0.2) is 9.18 Å². The highest BCUT2D eigenvalue weighted by Crippen LogP contribution is 2.28. The number of carbonyl (C=O) groups excluding carboxylic acids is 1. The Hall–Kier alpha value is -1.62. The number of benzene rings is 1. The lowest BCUT2D eigenvalue weighted by molar-refractivity contribution is 0.118. The Morgan fingerprint density at radius 3 is 2.79 bits per heavy atom. The van der Waals surface area contributed by atoms with Crippen LogP contribution in [0.2, 0.25) is 0 Å². The number of para-hydroxylation sites is 1. The number of carbonyl (C=O) groups is 1. The minimum Gasteiger partial charge on any atom is -0.327 e. The van der Waals surface area contributed by atoms with E-state index in [4.69, 9.17) is 5.73 Å². The van der Waals surface area contributed by atoms with E-state index in [1.165, 1.54) is 6.07 Å². The molecule has 0 spiro atoms. The molecule has 1 aromatic rings. The molecule has 2 rings (SSSR count). The van der Waals surface area contributed by atoms with Gasteiger partial charge in [0, 0.05) is 19.1 Å². The highest BCUT2D eigenvalue weighted by molar-refractivity contribution is 5.89. The van der Waals surface area contributed by atoms with E-state index in [0.717, 1.165) is 6.42 Å². The van der Waals surface area contributed by atoms with Crippen LogP contribution < -0.4 is 11.1 Å². The fraction of sp³-hybridized carbons (Fsp3) is 0.500. The molecule has 19 heavy (non-hydrogen) atoms. The number of urea groups is 1. The second kappa shape index (κ2) is 5.17. The maximum Gasteiger partial charge on any atom is 0.321 e. The van der Waals surface area contributed by atoms with E-state index in [-0.39, 0.29) is 23.2 Å². The molecule has 1 atom stereocenters. The Balaban J connectivity index is 2.03. The van der Waals surface area contributed by atoms with Crippen LogP contribution in [0.3, 0.4) is 0 Å². The summed E-state index contributed by atoms with van der Waals surface area (Å²) in [5.41, 5.74) is 6.12. The molecule has 5 heteroatoms. The Kier molecular flexibility index (Phi) is 3.75. The van der Waals surface area contributed by atoms with Crippen LogP contribution in [0.4, 0.5) is 14.9 Å². The monoisotopic (exact) mass is 265 g/mol. The summed E-state index contributed by atoms with van der Waals surface area (Å²) in [6, 6.07) is 5.97. The van der Waals surface area contributed by atoms with Crippen molar-refractivity contribution in [2.75, 3.05) is 18.4 Å². The summed E-state index contributed by atoms with van der Waals surface area (Å²) in [4.78, 5) is 13.8. The first kappa shape index (κ1) is 13.8. The van der Waals surface area contributed by atoms with Crippen molar-refractivity contribution in [2.45, 2.75) is 26.3 Å². The van der Waals surface area contributed by atoms with Gasteiger partial charge in [0.2, 0.25) is 0 Å². The van der Waals surface area contributed by atoms with Crippen LogP contribution in [-0.2, 0) is 0 Å². The molecule has 1 unspecified atom stereocenters. The molecule has 4 nitrogen and oxygen atoms in total. The Labute approximate surface area is 112 Å². The lowest BCUT2D eigenvalue weighted by Gasteiger charge is -2.42. The molecular formula is C14H20FN3O. The molecule has 3 N–H and O–H groups in total. The van der Waals surface area contributed by atoms with Gasteiger partial charge < -0.3 is 16.0 Å². The van der Waals surface area contributed by atoms with Crippen molar-refractivity contribution in [3.05, 3.63) is 30.1 Å². The fourth-order valence-corrected chi connectivity index (χ4v) is 2.30. The minimum absolute atomic E-state index is 0.0880. The number of nitrogens with zero attached hydrogens (tertiary/aromatic N) is 1.